The Morgan fingerprint density at radius 1 is 1.31 bits per heavy atom. The molecular weight excluding hydrogens is 226 g/mol. The van der Waals surface area contributed by atoms with Crippen LogP contribution in [0.3, 0.4) is 0 Å². The lowest BCUT2D eigenvalue weighted by Crippen LogP contribution is -2.29. The van der Waals surface area contributed by atoms with Crippen molar-refractivity contribution in [1.82, 2.24) is 0 Å². The maximum absolute atomic E-state index is 6.04. The molecule has 0 aliphatic rings. The van der Waals surface area contributed by atoms with Gasteiger partial charge in [-0.2, -0.15) is 0 Å². The summed E-state index contributed by atoms with van der Waals surface area (Å²) in [6.07, 6.45) is 0.729. The van der Waals surface area contributed by atoms with Crippen LogP contribution in [-0.2, 0) is 15.9 Å². The first-order chi connectivity index (χ1) is 7.74. The van der Waals surface area contributed by atoms with Gasteiger partial charge in [0, 0.05) is 18.2 Å². The van der Waals surface area contributed by atoms with Crippen molar-refractivity contribution in [2.45, 2.75) is 12.5 Å². The summed E-state index contributed by atoms with van der Waals surface area (Å²) in [5.41, 5.74) is 6.99. The third kappa shape index (κ3) is 4.94. The average molecular weight is 244 g/mol. The molecule has 0 bridgehead atoms. The first-order valence-electron chi connectivity index (χ1n) is 5.29. The minimum Gasteiger partial charge on any atom is -0.382 e. The number of hydrogen-bond acceptors (Lipinski definition) is 3. The highest BCUT2D eigenvalue weighted by molar-refractivity contribution is 6.31. The Balaban J connectivity index is 2.28. The predicted molar refractivity (Wildman–Crippen MR) is 65.8 cm³/mol. The first kappa shape index (κ1) is 13.5. The van der Waals surface area contributed by atoms with Crippen LogP contribution in [-0.4, -0.2) is 33.0 Å². The molecule has 0 saturated carbocycles. The van der Waals surface area contributed by atoms with Gasteiger partial charge in [-0.05, 0) is 18.1 Å². The Bertz CT molecular complexity index is 307. The van der Waals surface area contributed by atoms with Crippen molar-refractivity contribution in [3.63, 3.8) is 0 Å². The van der Waals surface area contributed by atoms with Gasteiger partial charge in [0.2, 0.25) is 0 Å². The van der Waals surface area contributed by atoms with Gasteiger partial charge >= 0.3 is 0 Å². The van der Waals surface area contributed by atoms with Crippen molar-refractivity contribution in [2.24, 2.45) is 5.73 Å². The average Bonchev–Trinajstić information content (AvgIpc) is 2.28. The summed E-state index contributed by atoms with van der Waals surface area (Å²) in [4.78, 5) is 0. The molecule has 3 nitrogen and oxygen atoms in total. The number of benzene rings is 1. The van der Waals surface area contributed by atoms with Gasteiger partial charge in [-0.15, -0.1) is 0 Å². The van der Waals surface area contributed by atoms with Gasteiger partial charge in [-0.1, -0.05) is 29.8 Å². The molecule has 0 saturated heterocycles. The van der Waals surface area contributed by atoms with E-state index in [1.165, 1.54) is 0 Å². The van der Waals surface area contributed by atoms with E-state index in [4.69, 9.17) is 26.8 Å². The van der Waals surface area contributed by atoms with Crippen LogP contribution in [0.2, 0.25) is 5.02 Å². The Labute approximate surface area is 101 Å². The minimum atomic E-state index is -0.0308. The first-order valence-corrected chi connectivity index (χ1v) is 5.67. The van der Waals surface area contributed by atoms with Crippen LogP contribution in [0, 0.1) is 0 Å². The van der Waals surface area contributed by atoms with Gasteiger partial charge < -0.3 is 15.2 Å². The van der Waals surface area contributed by atoms with Crippen LogP contribution in [0.15, 0.2) is 24.3 Å². The van der Waals surface area contributed by atoms with Crippen LogP contribution in [0.4, 0.5) is 0 Å². The molecule has 4 heteroatoms. The summed E-state index contributed by atoms with van der Waals surface area (Å²) in [7, 11) is 1.65. The van der Waals surface area contributed by atoms with Crippen LogP contribution < -0.4 is 5.73 Å². The van der Waals surface area contributed by atoms with E-state index in [2.05, 4.69) is 0 Å². The van der Waals surface area contributed by atoms with Gasteiger partial charge in [-0.25, -0.2) is 0 Å². The molecule has 0 spiro atoms. The second kappa shape index (κ2) is 7.63. The number of hydrogen-bond donors (Lipinski definition) is 1. The molecule has 1 atom stereocenters. The Kier molecular flexibility index (Phi) is 6.42. The molecule has 0 amide bonds. The summed E-state index contributed by atoms with van der Waals surface area (Å²) in [6.45, 7) is 1.69. The van der Waals surface area contributed by atoms with Crippen molar-refractivity contribution in [1.29, 1.82) is 0 Å². The van der Waals surface area contributed by atoms with Gasteiger partial charge in [0.05, 0.1) is 19.8 Å². The molecule has 0 radical (unpaired) electrons. The molecule has 90 valence electrons. The molecule has 16 heavy (non-hydrogen) atoms. The summed E-state index contributed by atoms with van der Waals surface area (Å²) in [5, 5.41) is 0.759. The maximum Gasteiger partial charge on any atom is 0.0701 e. The fraction of sp³-hybridized carbons (Fsp3) is 0.500. The van der Waals surface area contributed by atoms with Gasteiger partial charge in [0.15, 0.2) is 0 Å². The lowest BCUT2D eigenvalue weighted by molar-refractivity contribution is 0.0637. The molecule has 1 aromatic rings. The van der Waals surface area contributed by atoms with Gasteiger partial charge in [0.25, 0.3) is 0 Å². The van der Waals surface area contributed by atoms with Gasteiger partial charge in [0.1, 0.15) is 0 Å². The van der Waals surface area contributed by atoms with E-state index >= 15 is 0 Å². The van der Waals surface area contributed by atoms with E-state index in [9.17, 15) is 0 Å². The SMILES string of the molecule is COCCOCC(N)Cc1ccccc1Cl. The van der Waals surface area contributed by atoms with Crippen LogP contribution in [0.25, 0.3) is 0 Å². The smallest absolute Gasteiger partial charge is 0.0701 e. The lowest BCUT2D eigenvalue weighted by Gasteiger charge is -2.12. The molecule has 0 aliphatic heterocycles. The Morgan fingerprint density at radius 2 is 2.06 bits per heavy atom. The third-order valence-corrected chi connectivity index (χ3v) is 2.57. The Morgan fingerprint density at radius 3 is 2.75 bits per heavy atom. The number of rotatable bonds is 7. The number of nitrogens with two attached hydrogens (primary N) is 1. The summed E-state index contributed by atoms with van der Waals surface area (Å²) < 4.78 is 10.2. The highest BCUT2D eigenvalue weighted by atomic mass is 35.5. The van der Waals surface area contributed by atoms with Crippen molar-refractivity contribution < 1.29 is 9.47 Å². The molecule has 0 aromatic heterocycles. The van der Waals surface area contributed by atoms with Crippen molar-refractivity contribution in [3.8, 4) is 0 Å². The molecule has 1 unspecified atom stereocenters. The molecular formula is C12H18ClNO2. The molecule has 0 heterocycles. The Hall–Kier alpha value is -0.610. The second-order valence-electron chi connectivity index (χ2n) is 3.62. The van der Waals surface area contributed by atoms with Crippen LogP contribution in [0.5, 0.6) is 0 Å². The van der Waals surface area contributed by atoms with Crippen LogP contribution in [0.1, 0.15) is 5.56 Å². The summed E-state index contributed by atoms with van der Waals surface area (Å²) >= 11 is 6.04. The standard InChI is InChI=1S/C12H18ClNO2/c1-15-6-7-16-9-11(14)8-10-4-2-3-5-12(10)13/h2-5,11H,6-9,14H2,1H3. The molecule has 2 N–H and O–H groups in total. The van der Waals surface area contributed by atoms with Crippen molar-refractivity contribution in [2.75, 3.05) is 26.9 Å². The molecule has 0 fully saturated rings. The fourth-order valence-electron chi connectivity index (χ4n) is 1.38. The highest BCUT2D eigenvalue weighted by Crippen LogP contribution is 2.16. The van der Waals surface area contributed by atoms with E-state index in [0.29, 0.717) is 19.8 Å². The maximum atomic E-state index is 6.04. The summed E-state index contributed by atoms with van der Waals surface area (Å²) in [6, 6.07) is 7.69. The molecule has 1 aromatic carbocycles. The zero-order valence-electron chi connectivity index (χ0n) is 9.49. The zero-order chi connectivity index (χ0) is 11.8. The second-order valence-corrected chi connectivity index (χ2v) is 4.03. The normalized spacial score (nSPS) is 12.7. The van der Waals surface area contributed by atoms with Crippen molar-refractivity contribution >= 4 is 11.6 Å². The van der Waals surface area contributed by atoms with Gasteiger partial charge in [-0.3, -0.25) is 0 Å². The largest absolute Gasteiger partial charge is 0.382 e. The minimum absolute atomic E-state index is 0.0308. The molecule has 1 rings (SSSR count). The fourth-order valence-corrected chi connectivity index (χ4v) is 1.60. The van der Waals surface area contributed by atoms with E-state index in [1.54, 1.807) is 7.11 Å². The quantitative estimate of drug-likeness (QED) is 0.744. The van der Waals surface area contributed by atoms with Crippen molar-refractivity contribution in [3.05, 3.63) is 34.9 Å². The molecule has 0 aliphatic carbocycles. The number of methoxy groups -OCH3 is 1. The summed E-state index contributed by atoms with van der Waals surface area (Å²) in [5.74, 6) is 0. The number of ether oxygens (including phenoxy) is 2. The van der Waals surface area contributed by atoms with Crippen LogP contribution >= 0.6 is 11.6 Å². The predicted octanol–water partition coefficient (Wildman–Crippen LogP) is 1.87. The highest BCUT2D eigenvalue weighted by Gasteiger charge is 2.06. The third-order valence-electron chi connectivity index (χ3n) is 2.20. The van der Waals surface area contributed by atoms with E-state index in [1.807, 2.05) is 24.3 Å². The zero-order valence-corrected chi connectivity index (χ0v) is 10.2. The van der Waals surface area contributed by atoms with E-state index < -0.39 is 0 Å². The monoisotopic (exact) mass is 243 g/mol. The van der Waals surface area contributed by atoms with E-state index in [-0.39, 0.29) is 6.04 Å². The lowest BCUT2D eigenvalue weighted by atomic mass is 10.1. The van der Waals surface area contributed by atoms with E-state index in [0.717, 1.165) is 17.0 Å². The topological polar surface area (TPSA) is 44.5 Å². The number of halogens is 1.